The molecule has 1 aromatic carbocycles. The molecule has 1 aliphatic carbocycles. The molecule has 1 aliphatic rings. The predicted octanol–water partition coefficient (Wildman–Crippen LogP) is 2.71. The van der Waals surface area contributed by atoms with Crippen LogP contribution in [0.5, 0.6) is 0 Å². The third kappa shape index (κ3) is 1.88. The number of benzene rings is 1. The van der Waals surface area contributed by atoms with Crippen molar-refractivity contribution < 1.29 is 9.90 Å². The first-order valence-electron chi connectivity index (χ1n) is 6.41. The summed E-state index contributed by atoms with van der Waals surface area (Å²) in [6.45, 7) is 2.99. The van der Waals surface area contributed by atoms with E-state index in [1.807, 2.05) is 10.7 Å². The highest BCUT2D eigenvalue weighted by Crippen LogP contribution is 2.32. The lowest BCUT2D eigenvalue weighted by Crippen LogP contribution is -2.03. The molecule has 0 aliphatic heterocycles. The first-order valence-corrected chi connectivity index (χ1v) is 6.41. The number of carboxylic acids is 1. The van der Waals surface area contributed by atoms with Crippen molar-refractivity contribution in [2.24, 2.45) is 5.92 Å². The van der Waals surface area contributed by atoms with E-state index >= 15 is 0 Å². The maximum absolute atomic E-state index is 11.0. The Labute approximate surface area is 105 Å². The Bertz CT molecular complexity index is 612. The van der Waals surface area contributed by atoms with Crippen molar-refractivity contribution in [1.82, 2.24) is 9.78 Å². The lowest BCUT2D eigenvalue weighted by atomic mass is 10.1. The Kier molecular flexibility index (Phi) is 2.58. The minimum atomic E-state index is -0.880. The van der Waals surface area contributed by atoms with E-state index in [2.05, 4.69) is 12.0 Å². The maximum Gasteiger partial charge on any atom is 0.335 e. The van der Waals surface area contributed by atoms with Gasteiger partial charge in [-0.3, -0.25) is 4.68 Å². The highest BCUT2D eigenvalue weighted by atomic mass is 16.4. The quantitative estimate of drug-likeness (QED) is 0.899. The molecule has 1 N–H and O–H groups in total. The molecule has 94 valence electrons. The van der Waals surface area contributed by atoms with E-state index in [0.29, 0.717) is 5.56 Å². The number of hydrogen-bond acceptors (Lipinski definition) is 2. The summed E-state index contributed by atoms with van der Waals surface area (Å²) in [5.41, 5.74) is 2.35. The fraction of sp³-hybridized carbons (Fsp3) is 0.429. The zero-order valence-corrected chi connectivity index (χ0v) is 10.4. The first kappa shape index (κ1) is 11.3. The van der Waals surface area contributed by atoms with Crippen LogP contribution >= 0.6 is 0 Å². The minimum Gasteiger partial charge on any atom is -0.478 e. The third-order valence-corrected chi connectivity index (χ3v) is 3.54. The number of aryl methyl sites for hydroxylation is 1. The number of carbonyl (C=O) groups is 1. The summed E-state index contributed by atoms with van der Waals surface area (Å²) < 4.78 is 1.98. The Hall–Kier alpha value is -1.84. The van der Waals surface area contributed by atoms with Gasteiger partial charge in [0.2, 0.25) is 0 Å². The number of carboxylic acid groups (broad SMARTS) is 1. The van der Waals surface area contributed by atoms with E-state index in [1.165, 1.54) is 12.8 Å². The molecule has 0 radical (unpaired) electrons. The molecule has 0 spiro atoms. The Morgan fingerprint density at radius 3 is 2.89 bits per heavy atom. The summed E-state index contributed by atoms with van der Waals surface area (Å²) in [6, 6.07) is 5.28. The van der Waals surface area contributed by atoms with Crippen molar-refractivity contribution in [3.05, 3.63) is 29.5 Å². The molecule has 0 bridgehead atoms. The molecule has 1 saturated carbocycles. The van der Waals surface area contributed by atoms with Crippen LogP contribution in [0.15, 0.2) is 18.2 Å². The molecule has 0 atom stereocenters. The normalized spacial score (nSPS) is 15.2. The van der Waals surface area contributed by atoms with Crippen molar-refractivity contribution in [3.63, 3.8) is 0 Å². The van der Waals surface area contributed by atoms with Gasteiger partial charge >= 0.3 is 5.97 Å². The molecule has 4 nitrogen and oxygen atoms in total. The van der Waals surface area contributed by atoms with Crippen LogP contribution in [0, 0.1) is 5.92 Å². The highest BCUT2D eigenvalue weighted by molar-refractivity contribution is 5.94. The van der Waals surface area contributed by atoms with E-state index in [9.17, 15) is 4.79 Å². The minimum absolute atomic E-state index is 0.335. The van der Waals surface area contributed by atoms with Gasteiger partial charge in [-0.2, -0.15) is 5.10 Å². The van der Waals surface area contributed by atoms with Crippen LogP contribution in [0.3, 0.4) is 0 Å². The van der Waals surface area contributed by atoms with Crippen LogP contribution in [0.25, 0.3) is 10.9 Å². The van der Waals surface area contributed by atoms with Crippen molar-refractivity contribution in [2.75, 3.05) is 0 Å². The summed E-state index contributed by atoms with van der Waals surface area (Å²) >= 11 is 0. The van der Waals surface area contributed by atoms with Crippen LogP contribution in [-0.2, 0) is 13.0 Å². The van der Waals surface area contributed by atoms with Gasteiger partial charge in [0.1, 0.15) is 0 Å². The number of rotatable bonds is 4. The molecule has 0 saturated heterocycles. The van der Waals surface area contributed by atoms with Gasteiger partial charge < -0.3 is 5.11 Å². The number of aromatic nitrogens is 2. The molecule has 0 unspecified atom stereocenters. The molecule has 0 amide bonds. The fourth-order valence-corrected chi connectivity index (χ4v) is 2.32. The van der Waals surface area contributed by atoms with Gasteiger partial charge in [0.05, 0.1) is 16.8 Å². The van der Waals surface area contributed by atoms with Gasteiger partial charge in [0.25, 0.3) is 0 Å². The average Bonchev–Trinajstić information content (AvgIpc) is 3.11. The lowest BCUT2D eigenvalue weighted by Gasteiger charge is -2.02. The predicted molar refractivity (Wildman–Crippen MR) is 68.8 cm³/mol. The number of hydrogen-bond donors (Lipinski definition) is 1. The summed E-state index contributed by atoms with van der Waals surface area (Å²) in [4.78, 5) is 11.0. The van der Waals surface area contributed by atoms with Crippen molar-refractivity contribution in [3.8, 4) is 0 Å². The van der Waals surface area contributed by atoms with Crippen molar-refractivity contribution in [1.29, 1.82) is 0 Å². The monoisotopic (exact) mass is 244 g/mol. The second-order valence-electron chi connectivity index (χ2n) is 4.96. The Balaban J connectivity index is 2.13. The number of aromatic carboxylic acids is 1. The van der Waals surface area contributed by atoms with Crippen LogP contribution < -0.4 is 0 Å². The first-order chi connectivity index (χ1) is 8.69. The van der Waals surface area contributed by atoms with Gasteiger partial charge in [-0.15, -0.1) is 0 Å². The molecule has 1 heterocycles. The summed E-state index contributed by atoms with van der Waals surface area (Å²) in [6.07, 6.45) is 3.41. The second kappa shape index (κ2) is 4.12. The third-order valence-electron chi connectivity index (χ3n) is 3.54. The molecule has 18 heavy (non-hydrogen) atoms. The molecule has 2 aromatic rings. The topological polar surface area (TPSA) is 55.1 Å². The van der Waals surface area contributed by atoms with E-state index in [1.54, 1.807) is 12.1 Å². The molecule has 1 fully saturated rings. The smallest absolute Gasteiger partial charge is 0.335 e. The Morgan fingerprint density at radius 2 is 2.28 bits per heavy atom. The van der Waals surface area contributed by atoms with Crippen molar-refractivity contribution in [2.45, 2.75) is 32.7 Å². The van der Waals surface area contributed by atoms with Crippen LogP contribution in [0.1, 0.15) is 35.8 Å². The zero-order valence-electron chi connectivity index (χ0n) is 10.4. The van der Waals surface area contributed by atoms with E-state index < -0.39 is 5.97 Å². The average molecular weight is 244 g/mol. The summed E-state index contributed by atoms with van der Waals surface area (Å²) in [5.74, 6) is -0.152. The molecular weight excluding hydrogens is 228 g/mol. The largest absolute Gasteiger partial charge is 0.478 e. The van der Waals surface area contributed by atoms with Gasteiger partial charge in [0.15, 0.2) is 0 Å². The molecule has 1 aromatic heterocycles. The lowest BCUT2D eigenvalue weighted by molar-refractivity contribution is 0.0697. The van der Waals surface area contributed by atoms with Gasteiger partial charge in [-0.25, -0.2) is 4.79 Å². The summed E-state index contributed by atoms with van der Waals surface area (Å²) in [7, 11) is 0. The van der Waals surface area contributed by atoms with E-state index in [-0.39, 0.29) is 0 Å². The molecular formula is C14H16N2O2. The highest BCUT2D eigenvalue weighted by Gasteiger charge is 2.23. The SMILES string of the molecule is CCc1nn(CC2CC2)c2cc(C(=O)O)ccc12. The van der Waals surface area contributed by atoms with Gasteiger partial charge in [-0.05, 0) is 37.3 Å². The number of fused-ring (bicyclic) bond motifs is 1. The Morgan fingerprint density at radius 1 is 1.50 bits per heavy atom. The maximum atomic E-state index is 11.0. The molecule has 3 rings (SSSR count). The number of nitrogens with zero attached hydrogens (tertiary/aromatic N) is 2. The fourth-order valence-electron chi connectivity index (χ4n) is 2.32. The van der Waals surface area contributed by atoms with Crippen molar-refractivity contribution >= 4 is 16.9 Å². The van der Waals surface area contributed by atoms with E-state index in [4.69, 9.17) is 5.11 Å². The van der Waals surface area contributed by atoms with E-state index in [0.717, 1.165) is 35.5 Å². The van der Waals surface area contributed by atoms with Crippen LogP contribution in [0.4, 0.5) is 0 Å². The molecule has 4 heteroatoms. The van der Waals surface area contributed by atoms with Gasteiger partial charge in [0, 0.05) is 11.9 Å². The van der Waals surface area contributed by atoms with Crippen LogP contribution in [-0.4, -0.2) is 20.9 Å². The van der Waals surface area contributed by atoms with Crippen LogP contribution in [0.2, 0.25) is 0 Å². The standard InChI is InChI=1S/C14H16N2O2/c1-2-12-11-6-5-10(14(17)18)7-13(11)16(15-12)8-9-3-4-9/h5-7,9H,2-4,8H2,1H3,(H,17,18). The second-order valence-corrected chi connectivity index (χ2v) is 4.96. The van der Waals surface area contributed by atoms with Gasteiger partial charge in [-0.1, -0.05) is 13.0 Å². The zero-order chi connectivity index (χ0) is 12.7. The summed E-state index contributed by atoms with van der Waals surface area (Å²) in [5, 5.41) is 14.8.